The van der Waals surface area contributed by atoms with Crippen molar-refractivity contribution in [2.24, 2.45) is 11.8 Å². The Morgan fingerprint density at radius 3 is 1.62 bits per heavy atom. The Balaban J connectivity index is 0.000000320. The second kappa shape index (κ2) is 2.14. The largest absolute Gasteiger partial charge is 0.0851 e. The van der Waals surface area contributed by atoms with Gasteiger partial charge in [-0.2, -0.15) is 0 Å². The molecule has 2 rings (SSSR count). The molecule has 0 saturated heterocycles. The third kappa shape index (κ3) is 0.795. The Morgan fingerprint density at radius 1 is 1.00 bits per heavy atom. The van der Waals surface area contributed by atoms with Crippen molar-refractivity contribution in [2.75, 3.05) is 0 Å². The molecule has 1 heteroatoms. The molecule has 44 valence electrons. The fraction of sp³-hybridized carbons (Fsp3) is 0.714. The summed E-state index contributed by atoms with van der Waals surface area (Å²) in [7, 11) is 0. The average Bonchev–Trinajstić information content (AvgIpc) is 2.22. The van der Waals surface area contributed by atoms with Crippen molar-refractivity contribution in [1.29, 1.82) is 0 Å². The third-order valence-electron chi connectivity index (χ3n) is 2.17. The molecule has 0 heterocycles. The highest BCUT2D eigenvalue weighted by Crippen LogP contribution is 2.38. The van der Waals surface area contributed by atoms with E-state index < -0.39 is 0 Å². The molecule has 2 bridgehead atoms. The van der Waals surface area contributed by atoms with Crippen LogP contribution in [-0.2, 0) is 0 Å². The van der Waals surface area contributed by atoms with Crippen LogP contribution in [0.25, 0.3) is 0 Å². The summed E-state index contributed by atoms with van der Waals surface area (Å²) < 4.78 is 0. The van der Waals surface area contributed by atoms with Gasteiger partial charge in [-0.3, -0.25) is 0 Å². The SMILES string of the molecule is C1=CC2CCC1C2.[S]. The Hall–Kier alpha value is 0.0900. The zero-order valence-corrected chi connectivity index (χ0v) is 5.66. The van der Waals surface area contributed by atoms with Gasteiger partial charge in [-0.05, 0) is 31.1 Å². The molecular weight excluding hydrogens is 116 g/mol. The monoisotopic (exact) mass is 126 g/mol. The van der Waals surface area contributed by atoms with Crippen LogP contribution in [0.5, 0.6) is 0 Å². The van der Waals surface area contributed by atoms with E-state index in [0.29, 0.717) is 0 Å². The first-order valence-corrected chi connectivity index (χ1v) is 3.13. The van der Waals surface area contributed by atoms with Crippen LogP contribution in [0.15, 0.2) is 12.2 Å². The minimum absolute atomic E-state index is 0. The predicted molar refractivity (Wildman–Crippen MR) is 37.6 cm³/mol. The third-order valence-corrected chi connectivity index (χ3v) is 2.17. The van der Waals surface area contributed by atoms with Crippen LogP contribution in [0.4, 0.5) is 0 Å². The van der Waals surface area contributed by atoms with Gasteiger partial charge in [-0.15, -0.1) is 0 Å². The van der Waals surface area contributed by atoms with E-state index in [4.69, 9.17) is 0 Å². The maximum Gasteiger partial charge on any atom is 0 e. The molecule has 0 nitrogen and oxygen atoms in total. The van der Waals surface area contributed by atoms with Crippen LogP contribution in [0.2, 0.25) is 0 Å². The molecule has 2 aliphatic carbocycles. The highest BCUT2D eigenvalue weighted by Gasteiger charge is 2.25. The molecule has 8 heavy (non-hydrogen) atoms. The molecule has 0 spiro atoms. The Kier molecular flexibility index (Phi) is 1.66. The first-order valence-electron chi connectivity index (χ1n) is 3.13. The fourth-order valence-corrected chi connectivity index (χ4v) is 1.72. The Labute approximate surface area is 57.4 Å². The summed E-state index contributed by atoms with van der Waals surface area (Å²) in [5.41, 5.74) is 0. The first-order chi connectivity index (χ1) is 3.45. The predicted octanol–water partition coefficient (Wildman–Crippen LogP) is 2.62. The van der Waals surface area contributed by atoms with E-state index in [1.807, 2.05) is 0 Å². The number of hydrogen-bond acceptors (Lipinski definition) is 0. The van der Waals surface area contributed by atoms with Gasteiger partial charge in [-0.25, -0.2) is 0 Å². The Bertz CT molecular complexity index is 95.0. The second-order valence-electron chi connectivity index (χ2n) is 2.72. The molecule has 0 aliphatic heterocycles. The van der Waals surface area contributed by atoms with Crippen molar-refractivity contribution >= 4 is 13.5 Å². The van der Waals surface area contributed by atoms with Gasteiger partial charge >= 0.3 is 0 Å². The lowest BCUT2D eigenvalue weighted by Crippen LogP contribution is -1.82. The van der Waals surface area contributed by atoms with Crippen LogP contribution < -0.4 is 0 Å². The van der Waals surface area contributed by atoms with Crippen LogP contribution in [-0.4, -0.2) is 0 Å². The van der Waals surface area contributed by atoms with Crippen molar-refractivity contribution in [2.45, 2.75) is 19.3 Å². The van der Waals surface area contributed by atoms with Crippen LogP contribution in [0.1, 0.15) is 19.3 Å². The average molecular weight is 126 g/mol. The summed E-state index contributed by atoms with van der Waals surface area (Å²) in [6.45, 7) is 0. The van der Waals surface area contributed by atoms with Gasteiger partial charge in [0.15, 0.2) is 0 Å². The van der Waals surface area contributed by atoms with Gasteiger partial charge in [0.1, 0.15) is 0 Å². The van der Waals surface area contributed by atoms with Gasteiger partial charge in [0.25, 0.3) is 0 Å². The van der Waals surface area contributed by atoms with Crippen molar-refractivity contribution < 1.29 is 0 Å². The molecule has 2 aliphatic rings. The van der Waals surface area contributed by atoms with E-state index in [1.165, 1.54) is 19.3 Å². The molecule has 2 radical (unpaired) electrons. The fourth-order valence-electron chi connectivity index (χ4n) is 1.72. The zero-order valence-electron chi connectivity index (χ0n) is 4.84. The van der Waals surface area contributed by atoms with Crippen molar-refractivity contribution in [1.82, 2.24) is 0 Å². The standard InChI is InChI=1S/C7H10.S/c1-2-7-4-3-6(1)5-7;/h1-2,6-7H,3-5H2;. The van der Waals surface area contributed by atoms with Crippen molar-refractivity contribution in [3.8, 4) is 0 Å². The number of rotatable bonds is 0. The molecule has 0 amide bonds. The smallest absolute Gasteiger partial charge is 0 e. The summed E-state index contributed by atoms with van der Waals surface area (Å²) in [4.78, 5) is 0. The maximum atomic E-state index is 2.38. The lowest BCUT2D eigenvalue weighted by atomic mass is 10.1. The highest BCUT2D eigenvalue weighted by molar-refractivity contribution is 7.59. The lowest BCUT2D eigenvalue weighted by Gasteiger charge is -1.96. The highest BCUT2D eigenvalue weighted by atomic mass is 32.1. The summed E-state index contributed by atoms with van der Waals surface area (Å²) in [6.07, 6.45) is 9.19. The van der Waals surface area contributed by atoms with E-state index in [2.05, 4.69) is 12.2 Å². The van der Waals surface area contributed by atoms with E-state index >= 15 is 0 Å². The summed E-state index contributed by atoms with van der Waals surface area (Å²) >= 11 is 0. The number of allylic oxidation sites excluding steroid dienone is 2. The topological polar surface area (TPSA) is 0 Å². The van der Waals surface area contributed by atoms with E-state index in [-0.39, 0.29) is 13.5 Å². The molecule has 0 aromatic carbocycles. The normalized spacial score (nSPS) is 40.0. The first kappa shape index (κ1) is 6.21. The minimum Gasteiger partial charge on any atom is -0.0851 e. The van der Waals surface area contributed by atoms with E-state index in [9.17, 15) is 0 Å². The molecule has 2 unspecified atom stereocenters. The Morgan fingerprint density at radius 2 is 1.50 bits per heavy atom. The van der Waals surface area contributed by atoms with Crippen molar-refractivity contribution in [3.05, 3.63) is 12.2 Å². The van der Waals surface area contributed by atoms with Gasteiger partial charge in [-0.1, -0.05) is 12.2 Å². The molecule has 0 aromatic rings. The number of fused-ring (bicyclic) bond motifs is 2. The molecular formula is C7H10S. The van der Waals surface area contributed by atoms with Gasteiger partial charge in [0.2, 0.25) is 0 Å². The van der Waals surface area contributed by atoms with Crippen LogP contribution >= 0.6 is 13.5 Å². The van der Waals surface area contributed by atoms with Gasteiger partial charge < -0.3 is 0 Å². The second-order valence-corrected chi connectivity index (χ2v) is 2.72. The summed E-state index contributed by atoms with van der Waals surface area (Å²) in [5.74, 6) is 1.98. The zero-order chi connectivity index (χ0) is 4.69. The quantitative estimate of drug-likeness (QED) is 0.438. The lowest BCUT2D eigenvalue weighted by molar-refractivity contribution is 0.691. The van der Waals surface area contributed by atoms with Crippen molar-refractivity contribution in [3.63, 3.8) is 0 Å². The summed E-state index contributed by atoms with van der Waals surface area (Å²) in [6, 6.07) is 0. The van der Waals surface area contributed by atoms with E-state index in [1.54, 1.807) is 0 Å². The molecule has 0 aromatic heterocycles. The molecule has 1 fully saturated rings. The molecule has 1 saturated carbocycles. The molecule has 2 atom stereocenters. The summed E-state index contributed by atoms with van der Waals surface area (Å²) in [5, 5.41) is 0. The van der Waals surface area contributed by atoms with Crippen LogP contribution in [0, 0.1) is 11.8 Å². The van der Waals surface area contributed by atoms with Crippen LogP contribution in [0.3, 0.4) is 0 Å². The van der Waals surface area contributed by atoms with E-state index in [0.717, 1.165) is 11.8 Å². The van der Waals surface area contributed by atoms with Gasteiger partial charge in [0.05, 0.1) is 0 Å². The number of hydrogen-bond donors (Lipinski definition) is 0. The maximum absolute atomic E-state index is 2.38. The molecule has 0 N–H and O–H groups in total. The minimum atomic E-state index is 0. The van der Waals surface area contributed by atoms with Gasteiger partial charge in [0, 0.05) is 13.5 Å².